The molecule has 2 heterocycles. The molecule has 0 bridgehead atoms. The van der Waals surface area contributed by atoms with Crippen molar-refractivity contribution in [3.8, 4) is 11.1 Å². The molecule has 32 heavy (non-hydrogen) atoms. The van der Waals surface area contributed by atoms with Crippen LogP contribution in [-0.2, 0) is 10.0 Å². The van der Waals surface area contributed by atoms with E-state index in [0.717, 1.165) is 22.4 Å². The standard InChI is InChI=1S/C25H26FN3O2S/c1-16-6-9-18(10-7-16)32(30,31)29-13-12-20-24(15-27)28-23-11-8-17(14-21(23)25(20)29)19-4-2-3-5-22(19)26/h2-11,14,20,24-25,28H,12-13,15,27H2,1H3/t20-,24+,25-/m1/s1. The number of benzene rings is 3. The van der Waals surface area contributed by atoms with Crippen LogP contribution in [0.5, 0.6) is 0 Å². The number of anilines is 1. The molecule has 3 atom stereocenters. The Morgan fingerprint density at radius 2 is 1.84 bits per heavy atom. The van der Waals surface area contributed by atoms with Crippen LogP contribution in [0.15, 0.2) is 71.6 Å². The molecule has 3 aromatic rings. The summed E-state index contributed by atoms with van der Waals surface area (Å²) in [5.41, 5.74) is 10.0. The monoisotopic (exact) mass is 451 g/mol. The molecule has 2 aliphatic heterocycles. The van der Waals surface area contributed by atoms with Crippen molar-refractivity contribution in [2.75, 3.05) is 18.4 Å². The first-order valence-electron chi connectivity index (χ1n) is 10.8. The number of fused-ring (bicyclic) bond motifs is 3. The molecule has 5 nitrogen and oxygen atoms in total. The summed E-state index contributed by atoms with van der Waals surface area (Å²) in [5.74, 6) is -0.258. The lowest BCUT2D eigenvalue weighted by atomic mass is 9.82. The van der Waals surface area contributed by atoms with Gasteiger partial charge in [-0.05, 0) is 54.8 Å². The van der Waals surface area contributed by atoms with E-state index >= 15 is 0 Å². The van der Waals surface area contributed by atoms with Gasteiger partial charge in [-0.15, -0.1) is 0 Å². The number of nitrogens with zero attached hydrogens (tertiary/aromatic N) is 1. The van der Waals surface area contributed by atoms with Crippen LogP contribution >= 0.6 is 0 Å². The highest BCUT2D eigenvalue weighted by atomic mass is 32.2. The molecular weight excluding hydrogens is 425 g/mol. The van der Waals surface area contributed by atoms with Crippen molar-refractivity contribution in [2.24, 2.45) is 11.7 Å². The largest absolute Gasteiger partial charge is 0.380 e. The second-order valence-electron chi connectivity index (χ2n) is 8.59. The van der Waals surface area contributed by atoms with Gasteiger partial charge in [-0.2, -0.15) is 4.31 Å². The normalized spacial score (nSPS) is 22.8. The number of sulfonamides is 1. The van der Waals surface area contributed by atoms with Gasteiger partial charge < -0.3 is 11.1 Å². The molecule has 0 unspecified atom stereocenters. The van der Waals surface area contributed by atoms with Gasteiger partial charge in [0.25, 0.3) is 0 Å². The number of halogens is 1. The van der Waals surface area contributed by atoms with E-state index in [4.69, 9.17) is 5.73 Å². The molecule has 5 rings (SSSR count). The molecule has 166 valence electrons. The topological polar surface area (TPSA) is 75.4 Å². The van der Waals surface area contributed by atoms with Crippen LogP contribution < -0.4 is 11.1 Å². The average Bonchev–Trinajstić information content (AvgIpc) is 3.25. The number of hydrogen-bond donors (Lipinski definition) is 2. The van der Waals surface area contributed by atoms with Crippen LogP contribution in [0.2, 0.25) is 0 Å². The SMILES string of the molecule is Cc1ccc(S(=O)(=O)N2CC[C@@H]3[C@H](CN)Nc4ccc(-c5ccccc5F)cc4[C@@H]32)cc1. The van der Waals surface area contributed by atoms with E-state index < -0.39 is 10.0 Å². The van der Waals surface area contributed by atoms with Gasteiger partial charge in [0.2, 0.25) is 10.0 Å². The zero-order valence-electron chi connectivity index (χ0n) is 17.8. The molecule has 7 heteroatoms. The molecule has 0 saturated carbocycles. The molecular formula is C25H26FN3O2S. The van der Waals surface area contributed by atoms with Crippen molar-refractivity contribution >= 4 is 15.7 Å². The Morgan fingerprint density at radius 1 is 1.09 bits per heavy atom. The Hall–Kier alpha value is -2.74. The van der Waals surface area contributed by atoms with E-state index in [1.165, 1.54) is 6.07 Å². The second kappa shape index (κ2) is 7.99. The Balaban J connectivity index is 1.62. The van der Waals surface area contributed by atoms with Crippen molar-refractivity contribution < 1.29 is 12.8 Å². The van der Waals surface area contributed by atoms with E-state index in [2.05, 4.69) is 5.32 Å². The first kappa shape index (κ1) is 21.1. The van der Waals surface area contributed by atoms with Crippen LogP contribution in [0.25, 0.3) is 11.1 Å². The van der Waals surface area contributed by atoms with Gasteiger partial charge in [-0.25, -0.2) is 12.8 Å². The summed E-state index contributed by atoms with van der Waals surface area (Å²) in [4.78, 5) is 0.290. The summed E-state index contributed by atoms with van der Waals surface area (Å²) >= 11 is 0. The molecule has 0 amide bonds. The quantitative estimate of drug-likeness (QED) is 0.620. The lowest BCUT2D eigenvalue weighted by Crippen LogP contribution is -2.44. The maximum absolute atomic E-state index is 14.5. The van der Waals surface area contributed by atoms with Crippen LogP contribution in [0.3, 0.4) is 0 Å². The molecule has 3 aromatic carbocycles. The second-order valence-corrected chi connectivity index (χ2v) is 10.5. The molecule has 0 spiro atoms. The van der Waals surface area contributed by atoms with Gasteiger partial charge in [0, 0.05) is 36.3 Å². The Morgan fingerprint density at radius 3 is 2.56 bits per heavy atom. The number of hydrogen-bond acceptors (Lipinski definition) is 4. The third kappa shape index (κ3) is 3.41. The summed E-state index contributed by atoms with van der Waals surface area (Å²) < 4.78 is 43.3. The third-order valence-corrected chi connectivity index (χ3v) is 8.59. The van der Waals surface area contributed by atoms with Crippen LogP contribution in [0.4, 0.5) is 10.1 Å². The number of nitrogens with two attached hydrogens (primary N) is 1. The smallest absolute Gasteiger partial charge is 0.243 e. The fourth-order valence-corrected chi connectivity index (χ4v) is 6.72. The fraction of sp³-hybridized carbons (Fsp3) is 0.280. The summed E-state index contributed by atoms with van der Waals surface area (Å²) in [7, 11) is -3.70. The Kier molecular flexibility index (Phi) is 5.28. The Bertz CT molecular complexity index is 1260. The zero-order valence-corrected chi connectivity index (χ0v) is 18.6. The van der Waals surface area contributed by atoms with Crippen LogP contribution in [0, 0.1) is 18.7 Å². The van der Waals surface area contributed by atoms with E-state index in [1.54, 1.807) is 34.6 Å². The minimum Gasteiger partial charge on any atom is -0.380 e. The van der Waals surface area contributed by atoms with Crippen molar-refractivity contribution in [1.29, 1.82) is 0 Å². The van der Waals surface area contributed by atoms with Gasteiger partial charge in [-0.3, -0.25) is 0 Å². The lowest BCUT2D eigenvalue weighted by Gasteiger charge is -2.39. The van der Waals surface area contributed by atoms with E-state index in [-0.39, 0.29) is 23.8 Å². The number of nitrogens with one attached hydrogen (secondary N) is 1. The molecule has 1 fully saturated rings. The highest BCUT2D eigenvalue weighted by Gasteiger charge is 2.48. The number of rotatable bonds is 4. The maximum Gasteiger partial charge on any atom is 0.243 e. The molecule has 0 aliphatic carbocycles. The Labute approximate surface area is 188 Å². The van der Waals surface area contributed by atoms with E-state index in [9.17, 15) is 12.8 Å². The zero-order chi connectivity index (χ0) is 22.5. The van der Waals surface area contributed by atoms with Crippen LogP contribution in [0.1, 0.15) is 23.6 Å². The molecule has 3 N–H and O–H groups in total. The minimum atomic E-state index is -3.70. The molecule has 2 aliphatic rings. The summed E-state index contributed by atoms with van der Waals surface area (Å²) in [6.45, 7) is 2.77. The van der Waals surface area contributed by atoms with Crippen molar-refractivity contribution in [2.45, 2.75) is 30.3 Å². The predicted molar refractivity (Wildman–Crippen MR) is 124 cm³/mol. The van der Waals surface area contributed by atoms with Crippen molar-refractivity contribution in [3.05, 3.63) is 83.7 Å². The van der Waals surface area contributed by atoms with E-state index in [1.807, 2.05) is 37.3 Å². The first-order valence-corrected chi connectivity index (χ1v) is 12.3. The summed E-state index contributed by atoms with van der Waals surface area (Å²) in [5, 5.41) is 3.49. The van der Waals surface area contributed by atoms with Gasteiger partial charge in [-0.1, -0.05) is 42.0 Å². The summed E-state index contributed by atoms with van der Waals surface area (Å²) in [6.07, 6.45) is 0.716. The van der Waals surface area contributed by atoms with Crippen molar-refractivity contribution in [3.63, 3.8) is 0 Å². The van der Waals surface area contributed by atoms with Gasteiger partial charge in [0.1, 0.15) is 5.82 Å². The predicted octanol–water partition coefficient (Wildman–Crippen LogP) is 4.31. The van der Waals surface area contributed by atoms with Crippen LogP contribution in [-0.4, -0.2) is 31.9 Å². The molecule has 1 saturated heterocycles. The highest BCUT2D eigenvalue weighted by Crippen LogP contribution is 2.49. The lowest BCUT2D eigenvalue weighted by molar-refractivity contribution is 0.310. The van der Waals surface area contributed by atoms with E-state index in [0.29, 0.717) is 30.0 Å². The highest BCUT2D eigenvalue weighted by molar-refractivity contribution is 7.89. The fourth-order valence-electron chi connectivity index (χ4n) is 5.05. The number of aryl methyl sites for hydroxylation is 1. The first-order chi connectivity index (χ1) is 15.4. The minimum absolute atomic E-state index is 0.0231. The van der Waals surface area contributed by atoms with Gasteiger partial charge in [0.05, 0.1) is 10.9 Å². The summed E-state index contributed by atoms with van der Waals surface area (Å²) in [6, 6.07) is 18.9. The maximum atomic E-state index is 14.5. The van der Waals surface area contributed by atoms with Crippen molar-refractivity contribution in [1.82, 2.24) is 4.31 Å². The van der Waals surface area contributed by atoms with Gasteiger partial charge in [0.15, 0.2) is 0 Å². The molecule has 0 aromatic heterocycles. The van der Waals surface area contributed by atoms with Gasteiger partial charge >= 0.3 is 0 Å². The molecule has 0 radical (unpaired) electrons. The third-order valence-electron chi connectivity index (χ3n) is 6.69. The average molecular weight is 452 g/mol.